The second kappa shape index (κ2) is 11.2. The van der Waals surface area contributed by atoms with E-state index in [0.717, 1.165) is 0 Å². The van der Waals surface area contributed by atoms with Crippen LogP contribution in [0.2, 0.25) is 0 Å². The van der Waals surface area contributed by atoms with E-state index < -0.39 is 5.97 Å². The molecule has 1 aromatic rings. The molecule has 2 rings (SSSR count). The van der Waals surface area contributed by atoms with Crippen LogP contribution < -0.4 is 4.74 Å². The molecule has 0 aliphatic carbocycles. The van der Waals surface area contributed by atoms with Gasteiger partial charge in [-0.05, 0) is 37.3 Å². The zero-order chi connectivity index (χ0) is 16.7. The Kier molecular flexibility index (Phi) is 10.2. The van der Waals surface area contributed by atoms with Crippen molar-refractivity contribution >= 4 is 12.0 Å². The predicted molar refractivity (Wildman–Crippen MR) is 94.8 cm³/mol. The van der Waals surface area contributed by atoms with E-state index >= 15 is 0 Å². The second-order valence-corrected chi connectivity index (χ2v) is 5.38. The minimum Gasteiger partial charge on any atom is -0.507 e. The molecule has 1 aromatic carbocycles. The Bertz CT molecular complexity index is 608. The number of aromatic hydroxyl groups is 1. The molecule has 0 aromatic heterocycles. The zero-order valence-electron chi connectivity index (χ0n) is 14.2. The molecule has 1 aliphatic heterocycles. The SMILES string of the molecule is COc1cc(O)c2c(c1)/C=C/CC[C@H](O)C/C=C/CCOC2=O.O.O. The quantitative estimate of drug-likeness (QED) is 0.580. The smallest absolute Gasteiger partial charge is 0.342 e. The lowest BCUT2D eigenvalue weighted by molar-refractivity contribution is 0.0508. The Morgan fingerprint density at radius 3 is 2.64 bits per heavy atom. The molecule has 0 fully saturated rings. The molecule has 1 atom stereocenters. The fourth-order valence-corrected chi connectivity index (χ4v) is 2.37. The molecule has 7 nitrogen and oxygen atoms in total. The number of hydrogen-bond donors (Lipinski definition) is 2. The molecule has 0 saturated carbocycles. The van der Waals surface area contributed by atoms with Gasteiger partial charge in [-0.15, -0.1) is 0 Å². The molecule has 0 radical (unpaired) electrons. The van der Waals surface area contributed by atoms with Gasteiger partial charge in [-0.2, -0.15) is 0 Å². The number of esters is 1. The minimum atomic E-state index is -0.560. The summed E-state index contributed by atoms with van der Waals surface area (Å²) in [6.45, 7) is 0.222. The van der Waals surface area contributed by atoms with E-state index in [1.165, 1.54) is 13.2 Å². The van der Waals surface area contributed by atoms with Crippen molar-refractivity contribution in [3.8, 4) is 11.5 Å². The standard InChI is InChI=1S/C18H22O5.2H2O/c1-22-15-11-13-7-4-5-9-14(19)8-3-2-6-10-23-18(21)17(13)16(20)12-15;;/h2-4,7,11-12,14,19-20H,5-6,8-10H2,1H3;2*1H2/b3-2+,7-4+;;/t14-;;/m1../s1. The summed E-state index contributed by atoms with van der Waals surface area (Å²) < 4.78 is 10.3. The van der Waals surface area contributed by atoms with E-state index in [1.54, 1.807) is 12.1 Å². The average Bonchev–Trinajstić information content (AvgIpc) is 2.53. The van der Waals surface area contributed by atoms with Gasteiger partial charge in [0.25, 0.3) is 0 Å². The summed E-state index contributed by atoms with van der Waals surface area (Å²) in [7, 11) is 1.49. The first kappa shape index (κ1) is 22.6. The number of fused-ring (bicyclic) bond motifs is 1. The van der Waals surface area contributed by atoms with Gasteiger partial charge < -0.3 is 30.6 Å². The summed E-state index contributed by atoms with van der Waals surface area (Å²) in [6, 6.07) is 3.07. The summed E-state index contributed by atoms with van der Waals surface area (Å²) in [6.07, 6.45) is 9.46. The summed E-state index contributed by atoms with van der Waals surface area (Å²) >= 11 is 0. The molecule has 0 bridgehead atoms. The molecule has 1 heterocycles. The Hall–Kier alpha value is -2.35. The number of phenols is 1. The van der Waals surface area contributed by atoms with Crippen molar-refractivity contribution < 1.29 is 35.4 Å². The van der Waals surface area contributed by atoms with Crippen molar-refractivity contribution in [2.45, 2.75) is 31.8 Å². The number of methoxy groups -OCH3 is 1. The molecular formula is C18H26O7. The predicted octanol–water partition coefficient (Wildman–Crippen LogP) is 1.41. The first-order valence-electron chi connectivity index (χ1n) is 7.69. The first-order valence-corrected chi connectivity index (χ1v) is 7.69. The van der Waals surface area contributed by atoms with Crippen molar-refractivity contribution in [2.75, 3.05) is 13.7 Å². The van der Waals surface area contributed by atoms with Crippen LogP contribution in [0.4, 0.5) is 0 Å². The Morgan fingerprint density at radius 2 is 1.92 bits per heavy atom. The van der Waals surface area contributed by atoms with Crippen LogP contribution in [0.15, 0.2) is 30.4 Å². The van der Waals surface area contributed by atoms with Crippen LogP contribution in [0.25, 0.3) is 6.08 Å². The second-order valence-electron chi connectivity index (χ2n) is 5.38. The van der Waals surface area contributed by atoms with Crippen molar-refractivity contribution in [1.29, 1.82) is 0 Å². The van der Waals surface area contributed by atoms with Crippen molar-refractivity contribution in [3.63, 3.8) is 0 Å². The lowest BCUT2D eigenvalue weighted by Crippen LogP contribution is -2.09. The number of aliphatic hydroxyl groups is 1. The van der Waals surface area contributed by atoms with Crippen LogP contribution in [-0.4, -0.2) is 47.0 Å². The van der Waals surface area contributed by atoms with Crippen LogP contribution in [-0.2, 0) is 4.74 Å². The Labute approximate surface area is 146 Å². The van der Waals surface area contributed by atoms with Gasteiger partial charge in [0.1, 0.15) is 17.1 Å². The van der Waals surface area contributed by atoms with Gasteiger partial charge in [-0.3, -0.25) is 0 Å². The van der Waals surface area contributed by atoms with E-state index in [0.29, 0.717) is 37.0 Å². The highest BCUT2D eigenvalue weighted by Gasteiger charge is 2.18. The number of rotatable bonds is 1. The molecule has 1 aliphatic rings. The number of phenolic OH excluding ortho intramolecular Hbond substituents is 1. The Balaban J connectivity index is 0.00000288. The highest BCUT2D eigenvalue weighted by Crippen LogP contribution is 2.30. The van der Waals surface area contributed by atoms with E-state index in [9.17, 15) is 15.0 Å². The van der Waals surface area contributed by atoms with Gasteiger partial charge in [0, 0.05) is 6.07 Å². The van der Waals surface area contributed by atoms with Gasteiger partial charge in [0.15, 0.2) is 0 Å². The van der Waals surface area contributed by atoms with E-state index in [4.69, 9.17) is 9.47 Å². The lowest BCUT2D eigenvalue weighted by atomic mass is 10.0. The largest absolute Gasteiger partial charge is 0.507 e. The summed E-state index contributed by atoms with van der Waals surface area (Å²) in [5.74, 6) is -0.269. The van der Waals surface area contributed by atoms with Crippen molar-refractivity contribution in [1.82, 2.24) is 0 Å². The summed E-state index contributed by atoms with van der Waals surface area (Å²) in [5, 5.41) is 20.0. The number of ether oxygens (including phenoxy) is 2. The molecule has 0 spiro atoms. The highest BCUT2D eigenvalue weighted by molar-refractivity contribution is 5.97. The number of carbonyl (C=O) groups is 1. The molecule has 25 heavy (non-hydrogen) atoms. The fourth-order valence-electron chi connectivity index (χ4n) is 2.37. The van der Waals surface area contributed by atoms with E-state index in [-0.39, 0.29) is 35.0 Å². The minimum absolute atomic E-state index is 0. The van der Waals surface area contributed by atoms with Gasteiger partial charge in [-0.1, -0.05) is 24.3 Å². The zero-order valence-corrected chi connectivity index (χ0v) is 14.2. The topological polar surface area (TPSA) is 139 Å². The highest BCUT2D eigenvalue weighted by atomic mass is 16.5. The van der Waals surface area contributed by atoms with Gasteiger partial charge in [0.2, 0.25) is 0 Å². The van der Waals surface area contributed by atoms with Crippen LogP contribution in [0.1, 0.15) is 41.6 Å². The van der Waals surface area contributed by atoms with Crippen LogP contribution in [0.3, 0.4) is 0 Å². The molecule has 7 heteroatoms. The molecule has 0 unspecified atom stereocenters. The molecular weight excluding hydrogens is 328 g/mol. The van der Waals surface area contributed by atoms with Crippen LogP contribution in [0, 0.1) is 0 Å². The maximum atomic E-state index is 12.2. The van der Waals surface area contributed by atoms with Gasteiger partial charge in [0.05, 0.1) is 19.8 Å². The third kappa shape index (κ3) is 6.58. The fraction of sp³-hybridized carbons (Fsp3) is 0.389. The molecule has 0 saturated heterocycles. The van der Waals surface area contributed by atoms with E-state index in [1.807, 2.05) is 18.2 Å². The maximum absolute atomic E-state index is 12.2. The van der Waals surface area contributed by atoms with E-state index in [2.05, 4.69) is 0 Å². The molecule has 140 valence electrons. The Morgan fingerprint density at radius 1 is 1.16 bits per heavy atom. The van der Waals surface area contributed by atoms with Crippen molar-refractivity contribution in [2.24, 2.45) is 0 Å². The number of cyclic esters (lactones) is 1. The van der Waals surface area contributed by atoms with Gasteiger partial charge >= 0.3 is 5.97 Å². The number of carbonyl (C=O) groups excluding carboxylic acids is 1. The number of allylic oxidation sites excluding steroid dienone is 1. The third-order valence-corrected chi connectivity index (χ3v) is 3.62. The average molecular weight is 354 g/mol. The summed E-state index contributed by atoms with van der Waals surface area (Å²) in [4.78, 5) is 12.2. The van der Waals surface area contributed by atoms with Crippen molar-refractivity contribution in [3.05, 3.63) is 41.5 Å². The normalized spacial score (nSPS) is 20.6. The molecule has 6 N–H and O–H groups in total. The van der Waals surface area contributed by atoms with Crippen LogP contribution in [0.5, 0.6) is 11.5 Å². The number of benzene rings is 1. The third-order valence-electron chi connectivity index (χ3n) is 3.62. The maximum Gasteiger partial charge on any atom is 0.342 e. The van der Waals surface area contributed by atoms with Gasteiger partial charge in [-0.25, -0.2) is 4.79 Å². The molecule has 0 amide bonds. The van der Waals surface area contributed by atoms with Crippen LogP contribution >= 0.6 is 0 Å². The summed E-state index contributed by atoms with van der Waals surface area (Å²) in [5.41, 5.74) is 0.664. The first-order chi connectivity index (χ1) is 11.1. The lowest BCUT2D eigenvalue weighted by Gasteiger charge is -2.12. The number of hydrogen-bond acceptors (Lipinski definition) is 5. The number of aliphatic hydroxyl groups excluding tert-OH is 1. The monoisotopic (exact) mass is 354 g/mol.